The van der Waals surface area contributed by atoms with Crippen molar-refractivity contribution in [2.45, 2.75) is 4.84 Å². The maximum atomic E-state index is 5.74. The van der Waals surface area contributed by atoms with Crippen LogP contribution in [0.15, 0.2) is 30.6 Å². The first-order chi connectivity index (χ1) is 7.75. The van der Waals surface area contributed by atoms with Crippen LogP contribution in [0.5, 0.6) is 0 Å². The van der Waals surface area contributed by atoms with E-state index in [2.05, 4.69) is 15.1 Å². The van der Waals surface area contributed by atoms with Crippen LogP contribution in [-0.4, -0.2) is 19.6 Å². The highest BCUT2D eigenvalue weighted by Gasteiger charge is 2.12. The predicted molar refractivity (Wildman–Crippen MR) is 62.7 cm³/mol. The van der Waals surface area contributed by atoms with Crippen molar-refractivity contribution in [1.82, 2.24) is 19.6 Å². The van der Waals surface area contributed by atoms with Crippen LogP contribution < -0.4 is 0 Å². The van der Waals surface area contributed by atoms with E-state index in [0.29, 0.717) is 11.5 Å². The van der Waals surface area contributed by atoms with E-state index in [1.165, 1.54) is 0 Å². The predicted octanol–water partition coefficient (Wildman–Crippen LogP) is 2.75. The number of nitrogens with zero attached hydrogens (tertiary/aromatic N) is 4. The number of aromatic nitrogens is 4. The molecule has 3 aromatic rings. The normalized spacial score (nSPS) is 11.7. The van der Waals surface area contributed by atoms with Gasteiger partial charge in [0.15, 0.2) is 16.3 Å². The lowest BCUT2D eigenvalue weighted by atomic mass is 10.2. The number of fused-ring (bicyclic) bond motifs is 3. The van der Waals surface area contributed by atoms with E-state index in [9.17, 15) is 0 Å². The molecule has 16 heavy (non-hydrogen) atoms. The fourth-order valence-electron chi connectivity index (χ4n) is 1.60. The summed E-state index contributed by atoms with van der Waals surface area (Å²) < 4.78 is 1.65. The maximum Gasteiger partial charge on any atom is 0.184 e. The smallest absolute Gasteiger partial charge is 0.184 e. The number of hydrogen-bond acceptors (Lipinski definition) is 3. The molecule has 0 atom stereocenters. The summed E-state index contributed by atoms with van der Waals surface area (Å²) in [6.45, 7) is 0. The van der Waals surface area contributed by atoms with Crippen LogP contribution in [-0.2, 0) is 0 Å². The van der Waals surface area contributed by atoms with Gasteiger partial charge in [0.1, 0.15) is 0 Å². The number of alkyl halides is 2. The Morgan fingerprint density at radius 2 is 2.12 bits per heavy atom. The molecule has 3 heterocycles. The summed E-state index contributed by atoms with van der Waals surface area (Å²) in [6.07, 6.45) is 3.53. The molecule has 0 fully saturated rings. The molecule has 0 saturated carbocycles. The Bertz CT molecular complexity index is 662. The third kappa shape index (κ3) is 1.42. The molecule has 0 saturated heterocycles. The largest absolute Gasteiger partial charge is 0.256 e. The third-order valence-corrected chi connectivity index (χ3v) is 2.69. The first-order valence-electron chi connectivity index (χ1n) is 4.64. The van der Waals surface area contributed by atoms with E-state index in [0.717, 1.165) is 10.9 Å². The molecule has 0 aliphatic carbocycles. The van der Waals surface area contributed by atoms with E-state index >= 15 is 0 Å². The number of pyridine rings is 2. The summed E-state index contributed by atoms with van der Waals surface area (Å²) in [5.74, 6) is 0.402. The van der Waals surface area contributed by atoms with Crippen molar-refractivity contribution < 1.29 is 0 Å². The van der Waals surface area contributed by atoms with Crippen LogP contribution in [0.3, 0.4) is 0 Å². The molecule has 0 N–H and O–H groups in total. The summed E-state index contributed by atoms with van der Waals surface area (Å²) in [5.41, 5.74) is 1.58. The van der Waals surface area contributed by atoms with E-state index in [4.69, 9.17) is 23.2 Å². The first-order valence-corrected chi connectivity index (χ1v) is 5.51. The average Bonchev–Trinajstić information content (AvgIpc) is 2.73. The highest BCUT2D eigenvalue weighted by molar-refractivity contribution is 6.43. The molecular formula is C10H6Cl2N4. The molecule has 0 spiro atoms. The fourth-order valence-corrected chi connectivity index (χ4v) is 1.79. The second-order valence-electron chi connectivity index (χ2n) is 3.29. The Balaban J connectivity index is 2.41. The molecule has 3 aromatic heterocycles. The van der Waals surface area contributed by atoms with Gasteiger partial charge in [0.25, 0.3) is 0 Å². The topological polar surface area (TPSA) is 43.1 Å². The molecule has 4 nitrogen and oxygen atoms in total. The van der Waals surface area contributed by atoms with E-state index in [-0.39, 0.29) is 0 Å². The average molecular weight is 253 g/mol. The van der Waals surface area contributed by atoms with Gasteiger partial charge in [-0.2, -0.15) is 0 Å². The third-order valence-electron chi connectivity index (χ3n) is 2.30. The highest BCUT2D eigenvalue weighted by atomic mass is 35.5. The minimum Gasteiger partial charge on any atom is -0.256 e. The Kier molecular flexibility index (Phi) is 2.19. The van der Waals surface area contributed by atoms with E-state index in [1.807, 2.05) is 18.2 Å². The van der Waals surface area contributed by atoms with Crippen LogP contribution in [0.1, 0.15) is 10.7 Å². The zero-order valence-electron chi connectivity index (χ0n) is 8.01. The lowest BCUT2D eigenvalue weighted by Crippen LogP contribution is -1.89. The SMILES string of the molecule is ClC(Cl)c1nc2c3cccnc3ccn2n1. The maximum absolute atomic E-state index is 5.74. The molecule has 3 rings (SSSR count). The van der Waals surface area contributed by atoms with Gasteiger partial charge >= 0.3 is 0 Å². The van der Waals surface area contributed by atoms with Gasteiger partial charge in [0.2, 0.25) is 0 Å². The van der Waals surface area contributed by atoms with Gasteiger partial charge in [-0.15, -0.1) is 5.10 Å². The van der Waals surface area contributed by atoms with Gasteiger partial charge in [-0.05, 0) is 18.2 Å². The van der Waals surface area contributed by atoms with E-state index < -0.39 is 4.84 Å². The van der Waals surface area contributed by atoms with Crippen molar-refractivity contribution in [2.24, 2.45) is 0 Å². The Morgan fingerprint density at radius 3 is 2.94 bits per heavy atom. The lowest BCUT2D eigenvalue weighted by molar-refractivity contribution is 0.919. The van der Waals surface area contributed by atoms with Gasteiger partial charge < -0.3 is 0 Å². The molecule has 0 aliphatic rings. The van der Waals surface area contributed by atoms with Crippen molar-refractivity contribution in [1.29, 1.82) is 0 Å². The van der Waals surface area contributed by atoms with Crippen LogP contribution in [0.4, 0.5) is 0 Å². The Hall–Kier alpha value is -1.39. The quantitative estimate of drug-likeness (QED) is 0.626. The minimum absolute atomic E-state index is 0.402. The van der Waals surface area contributed by atoms with Crippen molar-refractivity contribution >= 4 is 39.8 Å². The van der Waals surface area contributed by atoms with E-state index in [1.54, 1.807) is 16.9 Å². The summed E-state index contributed by atoms with van der Waals surface area (Å²) in [7, 11) is 0. The van der Waals surface area contributed by atoms with Gasteiger partial charge in [0.05, 0.1) is 5.52 Å². The monoisotopic (exact) mass is 252 g/mol. The zero-order chi connectivity index (χ0) is 11.1. The molecule has 80 valence electrons. The Labute approximate surface area is 101 Å². The number of halogens is 2. The van der Waals surface area contributed by atoms with Crippen LogP contribution in [0.25, 0.3) is 16.6 Å². The van der Waals surface area contributed by atoms with Crippen molar-refractivity contribution in [2.75, 3.05) is 0 Å². The first kappa shape index (κ1) is 9.81. The van der Waals surface area contributed by atoms with Crippen molar-refractivity contribution in [3.63, 3.8) is 0 Å². The molecule has 6 heteroatoms. The van der Waals surface area contributed by atoms with Gasteiger partial charge in [-0.1, -0.05) is 23.2 Å². The molecule has 0 radical (unpaired) electrons. The summed E-state index contributed by atoms with van der Waals surface area (Å²) in [6, 6.07) is 5.67. The van der Waals surface area contributed by atoms with Crippen LogP contribution in [0, 0.1) is 0 Å². The van der Waals surface area contributed by atoms with Crippen molar-refractivity contribution in [3.8, 4) is 0 Å². The van der Waals surface area contributed by atoms with Gasteiger partial charge in [-0.25, -0.2) is 9.50 Å². The second-order valence-corrected chi connectivity index (χ2v) is 4.39. The molecule has 0 unspecified atom stereocenters. The molecule has 0 bridgehead atoms. The summed E-state index contributed by atoms with van der Waals surface area (Å²) in [4.78, 5) is 7.81. The highest BCUT2D eigenvalue weighted by Crippen LogP contribution is 2.23. The minimum atomic E-state index is -0.716. The Morgan fingerprint density at radius 1 is 1.25 bits per heavy atom. The second kappa shape index (κ2) is 3.57. The summed E-state index contributed by atoms with van der Waals surface area (Å²) >= 11 is 11.5. The zero-order valence-corrected chi connectivity index (χ0v) is 9.52. The standard InChI is InChI=1S/C10H6Cl2N4/c11-8(12)9-14-10-6-2-1-4-13-7(6)3-5-16(10)15-9/h1-5,8H. The van der Waals surface area contributed by atoms with Crippen molar-refractivity contribution in [3.05, 3.63) is 36.4 Å². The fraction of sp³-hybridized carbons (Fsp3) is 0.100. The van der Waals surface area contributed by atoms with Crippen LogP contribution in [0.2, 0.25) is 0 Å². The summed E-state index contributed by atoms with van der Waals surface area (Å²) in [5, 5.41) is 5.10. The number of hydrogen-bond donors (Lipinski definition) is 0. The lowest BCUT2D eigenvalue weighted by Gasteiger charge is -1.96. The molecular weight excluding hydrogens is 247 g/mol. The molecule has 0 aromatic carbocycles. The number of rotatable bonds is 1. The van der Waals surface area contributed by atoms with Crippen LogP contribution >= 0.6 is 23.2 Å². The molecule has 0 amide bonds. The van der Waals surface area contributed by atoms with Gasteiger partial charge in [-0.3, -0.25) is 4.98 Å². The van der Waals surface area contributed by atoms with Gasteiger partial charge in [0, 0.05) is 17.8 Å². The molecule has 0 aliphatic heterocycles.